The summed E-state index contributed by atoms with van der Waals surface area (Å²) in [6.07, 6.45) is 6.03. The predicted octanol–water partition coefficient (Wildman–Crippen LogP) is 2.38. The highest BCUT2D eigenvalue weighted by atomic mass is 32.2. The lowest BCUT2D eigenvalue weighted by Crippen LogP contribution is -2.19. The molecule has 2 rings (SSSR count). The molecule has 0 bridgehead atoms. The maximum absolute atomic E-state index is 13.6. The van der Waals surface area contributed by atoms with Crippen molar-refractivity contribution in [1.82, 2.24) is 0 Å². The molecule has 21 heavy (non-hydrogen) atoms. The minimum Gasteiger partial charge on any atom is -0.326 e. The Balaban J connectivity index is 1.99. The van der Waals surface area contributed by atoms with Crippen molar-refractivity contribution in [2.45, 2.75) is 43.4 Å². The first-order chi connectivity index (χ1) is 9.86. The molecule has 7 heteroatoms. The summed E-state index contributed by atoms with van der Waals surface area (Å²) in [5.74, 6) is -0.759. The standard InChI is InChI=1S/C14H19FN2O3S/c15-12-9-11(6-7-13(12)21(16,19)20)17-14(18)8-10-4-2-1-3-5-10/h6-7,9-10H,1-5,8H2,(H,17,18)(H2,16,19,20). The average Bonchev–Trinajstić information content (AvgIpc) is 2.38. The largest absolute Gasteiger partial charge is 0.326 e. The lowest BCUT2D eigenvalue weighted by molar-refractivity contribution is -0.117. The van der Waals surface area contributed by atoms with Crippen LogP contribution in [-0.4, -0.2) is 14.3 Å². The van der Waals surface area contributed by atoms with Crippen LogP contribution in [0.2, 0.25) is 0 Å². The first kappa shape index (κ1) is 15.9. The van der Waals surface area contributed by atoms with Crippen LogP contribution < -0.4 is 10.5 Å². The maximum Gasteiger partial charge on any atom is 0.240 e. The number of halogens is 1. The van der Waals surface area contributed by atoms with Gasteiger partial charge in [0.2, 0.25) is 15.9 Å². The van der Waals surface area contributed by atoms with Gasteiger partial charge in [0.15, 0.2) is 0 Å². The van der Waals surface area contributed by atoms with Gasteiger partial charge in [-0.05, 0) is 37.0 Å². The smallest absolute Gasteiger partial charge is 0.240 e. The van der Waals surface area contributed by atoms with Crippen LogP contribution in [0.15, 0.2) is 23.1 Å². The molecule has 0 heterocycles. The summed E-state index contributed by atoms with van der Waals surface area (Å²) in [4.78, 5) is 11.3. The lowest BCUT2D eigenvalue weighted by Gasteiger charge is -2.20. The van der Waals surface area contributed by atoms with Crippen LogP contribution in [0.3, 0.4) is 0 Å². The van der Waals surface area contributed by atoms with Crippen LogP contribution in [0.25, 0.3) is 0 Å². The van der Waals surface area contributed by atoms with Crippen LogP contribution in [0.5, 0.6) is 0 Å². The molecule has 3 N–H and O–H groups in total. The van der Waals surface area contributed by atoms with Crippen molar-refractivity contribution in [3.63, 3.8) is 0 Å². The van der Waals surface area contributed by atoms with Crippen LogP contribution in [0.1, 0.15) is 38.5 Å². The molecule has 0 unspecified atom stereocenters. The first-order valence-electron chi connectivity index (χ1n) is 6.98. The second-order valence-corrected chi connectivity index (χ2v) is 6.98. The fourth-order valence-corrected chi connectivity index (χ4v) is 3.26. The van der Waals surface area contributed by atoms with Crippen LogP contribution in [0.4, 0.5) is 10.1 Å². The quantitative estimate of drug-likeness (QED) is 0.894. The van der Waals surface area contributed by atoms with Crippen LogP contribution in [0, 0.1) is 11.7 Å². The van der Waals surface area contributed by atoms with Gasteiger partial charge in [0.05, 0.1) is 0 Å². The summed E-state index contributed by atoms with van der Waals surface area (Å²) in [7, 11) is -4.09. The van der Waals surface area contributed by atoms with Crippen molar-refractivity contribution in [3.05, 3.63) is 24.0 Å². The van der Waals surface area contributed by atoms with Gasteiger partial charge < -0.3 is 5.32 Å². The highest BCUT2D eigenvalue weighted by Crippen LogP contribution is 2.26. The summed E-state index contributed by atoms with van der Waals surface area (Å²) in [5, 5.41) is 7.47. The minimum absolute atomic E-state index is 0.176. The van der Waals surface area contributed by atoms with Gasteiger partial charge in [0, 0.05) is 12.1 Å². The number of nitrogens with one attached hydrogen (secondary N) is 1. The van der Waals surface area contributed by atoms with Gasteiger partial charge in [-0.2, -0.15) is 0 Å². The molecule has 5 nitrogen and oxygen atoms in total. The lowest BCUT2D eigenvalue weighted by atomic mass is 9.87. The number of carbonyl (C=O) groups is 1. The second-order valence-electron chi connectivity index (χ2n) is 5.45. The van der Waals surface area contributed by atoms with E-state index in [-0.39, 0.29) is 11.6 Å². The number of amides is 1. The van der Waals surface area contributed by atoms with Crippen LogP contribution >= 0.6 is 0 Å². The molecular weight excluding hydrogens is 295 g/mol. The normalized spacial score (nSPS) is 16.7. The molecule has 1 fully saturated rings. The number of carbonyl (C=O) groups excluding carboxylic acids is 1. The monoisotopic (exact) mass is 314 g/mol. The fourth-order valence-electron chi connectivity index (χ4n) is 2.67. The van der Waals surface area contributed by atoms with E-state index in [9.17, 15) is 17.6 Å². The Labute approximate surface area is 123 Å². The maximum atomic E-state index is 13.6. The third-order valence-electron chi connectivity index (χ3n) is 3.72. The van der Waals surface area contributed by atoms with Gasteiger partial charge in [-0.25, -0.2) is 17.9 Å². The molecule has 0 saturated heterocycles. The van der Waals surface area contributed by atoms with Gasteiger partial charge in [0.1, 0.15) is 10.7 Å². The van der Waals surface area contributed by atoms with Crippen molar-refractivity contribution >= 4 is 21.6 Å². The van der Waals surface area contributed by atoms with Gasteiger partial charge in [0.25, 0.3) is 0 Å². The van der Waals surface area contributed by atoms with Crippen molar-refractivity contribution in [2.24, 2.45) is 11.1 Å². The predicted molar refractivity (Wildman–Crippen MR) is 77.6 cm³/mol. The topological polar surface area (TPSA) is 89.3 Å². The Morgan fingerprint density at radius 3 is 2.52 bits per heavy atom. The van der Waals surface area contributed by atoms with Crippen LogP contribution in [-0.2, 0) is 14.8 Å². The Morgan fingerprint density at radius 2 is 1.95 bits per heavy atom. The van der Waals surface area contributed by atoms with Crippen molar-refractivity contribution in [1.29, 1.82) is 0 Å². The number of primary sulfonamides is 1. The zero-order chi connectivity index (χ0) is 15.5. The number of rotatable bonds is 4. The molecule has 0 aliphatic heterocycles. The summed E-state index contributed by atoms with van der Waals surface area (Å²) in [6.45, 7) is 0. The van der Waals surface area contributed by atoms with Crippen molar-refractivity contribution in [3.8, 4) is 0 Å². The van der Waals surface area contributed by atoms with E-state index in [0.717, 1.165) is 37.8 Å². The number of anilines is 1. The van der Waals surface area contributed by atoms with Crippen molar-refractivity contribution in [2.75, 3.05) is 5.32 Å². The van der Waals surface area contributed by atoms with Gasteiger partial charge in [-0.15, -0.1) is 0 Å². The molecule has 1 aromatic rings. The molecule has 0 radical (unpaired) electrons. The summed E-state index contributed by atoms with van der Waals surface area (Å²) in [5.41, 5.74) is 0.237. The first-order valence-corrected chi connectivity index (χ1v) is 8.53. The van der Waals surface area contributed by atoms with E-state index in [1.807, 2.05) is 0 Å². The molecule has 0 atom stereocenters. The number of hydrogen-bond donors (Lipinski definition) is 2. The van der Waals surface area contributed by atoms with E-state index in [0.29, 0.717) is 12.3 Å². The Morgan fingerprint density at radius 1 is 1.29 bits per heavy atom. The molecule has 1 saturated carbocycles. The highest BCUT2D eigenvalue weighted by Gasteiger charge is 2.18. The second kappa shape index (κ2) is 6.53. The average molecular weight is 314 g/mol. The van der Waals surface area contributed by atoms with E-state index in [1.54, 1.807) is 0 Å². The SMILES string of the molecule is NS(=O)(=O)c1ccc(NC(=O)CC2CCCCC2)cc1F. The number of nitrogens with two attached hydrogens (primary N) is 1. The van der Waals surface area contributed by atoms with E-state index >= 15 is 0 Å². The van der Waals surface area contributed by atoms with E-state index in [1.165, 1.54) is 12.5 Å². The van der Waals surface area contributed by atoms with Crippen molar-refractivity contribution < 1.29 is 17.6 Å². The number of hydrogen-bond acceptors (Lipinski definition) is 3. The molecule has 0 aromatic heterocycles. The highest BCUT2D eigenvalue weighted by molar-refractivity contribution is 7.89. The molecule has 0 spiro atoms. The fraction of sp³-hybridized carbons (Fsp3) is 0.500. The van der Waals surface area contributed by atoms with Gasteiger partial charge in [-0.3, -0.25) is 4.79 Å². The number of sulfonamides is 1. The number of benzene rings is 1. The molecule has 1 aliphatic rings. The molecular formula is C14H19FN2O3S. The van der Waals surface area contributed by atoms with E-state index in [4.69, 9.17) is 5.14 Å². The summed E-state index contributed by atoms with van der Waals surface area (Å²) >= 11 is 0. The molecule has 1 amide bonds. The third-order valence-corrected chi connectivity index (χ3v) is 4.67. The Bertz CT molecular complexity index is 625. The van der Waals surface area contributed by atoms with E-state index in [2.05, 4.69) is 5.32 Å². The molecule has 1 aliphatic carbocycles. The summed E-state index contributed by atoms with van der Waals surface area (Å²) in [6, 6.07) is 3.36. The molecule has 1 aromatic carbocycles. The van der Waals surface area contributed by atoms with Gasteiger partial charge in [-0.1, -0.05) is 19.3 Å². The van der Waals surface area contributed by atoms with Gasteiger partial charge >= 0.3 is 0 Å². The Kier molecular flexibility index (Phi) is 4.95. The van der Waals surface area contributed by atoms with E-state index < -0.39 is 20.7 Å². The summed E-state index contributed by atoms with van der Waals surface area (Å²) < 4.78 is 35.8. The zero-order valence-corrected chi connectivity index (χ0v) is 12.5. The Hall–Kier alpha value is -1.47. The minimum atomic E-state index is -4.09. The molecule has 116 valence electrons. The third kappa shape index (κ3) is 4.50. The zero-order valence-electron chi connectivity index (χ0n) is 11.6.